The zero-order valence-corrected chi connectivity index (χ0v) is 19.9. The van der Waals surface area contributed by atoms with Crippen LogP contribution in [-0.4, -0.2) is 110 Å². The van der Waals surface area contributed by atoms with Crippen LogP contribution in [0.25, 0.3) is 0 Å². The summed E-state index contributed by atoms with van der Waals surface area (Å²) in [5.74, 6) is 0. The molecule has 9 nitrogen and oxygen atoms in total. The molecule has 0 aliphatic rings. The lowest BCUT2D eigenvalue weighted by atomic mass is 10.3. The minimum absolute atomic E-state index is 0.146. The first-order chi connectivity index (χ1) is 13.0. The highest BCUT2D eigenvalue weighted by Crippen LogP contribution is 2.17. The number of hydrogen-bond donors (Lipinski definition) is 2. The van der Waals surface area contributed by atoms with Crippen LogP contribution in [0.1, 0.15) is 12.8 Å². The lowest BCUT2D eigenvalue weighted by Crippen LogP contribution is -2.44. The van der Waals surface area contributed by atoms with Gasteiger partial charge in [0, 0.05) is 74.4 Å². The van der Waals surface area contributed by atoms with Crippen LogP contribution in [0.2, 0.25) is 12.1 Å². The van der Waals surface area contributed by atoms with Crippen molar-refractivity contribution in [2.45, 2.75) is 24.9 Å². The van der Waals surface area contributed by atoms with Crippen molar-refractivity contribution in [3.63, 3.8) is 0 Å². The highest BCUT2D eigenvalue weighted by atomic mass is 28.4. The zero-order chi connectivity index (χ0) is 20.6. The number of aliphatic hydroxyl groups is 1. The van der Waals surface area contributed by atoms with Gasteiger partial charge in [-0.15, -0.1) is 0 Å². The summed E-state index contributed by atoms with van der Waals surface area (Å²) in [4.78, 5) is 2.38. The molecule has 0 amide bonds. The summed E-state index contributed by atoms with van der Waals surface area (Å²) in [6.45, 7) is 4.29. The first-order valence-corrected chi connectivity index (χ1v) is 13.2. The Bertz CT molecular complexity index is 306. The van der Waals surface area contributed by atoms with Gasteiger partial charge in [-0.25, -0.2) is 0 Å². The molecule has 2 N–H and O–H groups in total. The summed E-state index contributed by atoms with van der Waals surface area (Å²) in [5.41, 5.74) is 0. The van der Waals surface area contributed by atoms with Gasteiger partial charge < -0.3 is 41.9 Å². The van der Waals surface area contributed by atoms with Crippen LogP contribution in [0, 0.1) is 0 Å². The molecule has 0 heterocycles. The van der Waals surface area contributed by atoms with E-state index in [1.807, 2.05) is 0 Å². The molecule has 164 valence electrons. The molecule has 0 atom stereocenters. The van der Waals surface area contributed by atoms with Gasteiger partial charge in [0.15, 0.2) is 0 Å². The monoisotopic (exact) mass is 428 g/mol. The molecule has 0 aliphatic carbocycles. The van der Waals surface area contributed by atoms with E-state index >= 15 is 0 Å². The van der Waals surface area contributed by atoms with Gasteiger partial charge in [0.05, 0.1) is 6.61 Å². The van der Waals surface area contributed by atoms with Gasteiger partial charge in [-0.05, 0) is 25.9 Å². The van der Waals surface area contributed by atoms with Crippen molar-refractivity contribution in [3.05, 3.63) is 0 Å². The minimum atomic E-state index is -2.54. The van der Waals surface area contributed by atoms with Crippen LogP contribution >= 0.6 is 0 Å². The van der Waals surface area contributed by atoms with E-state index in [0.717, 1.165) is 51.1 Å². The van der Waals surface area contributed by atoms with E-state index in [4.69, 9.17) is 31.7 Å². The standard InChI is InChI=1S/C16H40N2O7Si2/c1-20-26(21-2,22-3)15-7-11-18(13-9-17-10-14-19)12-8-16-27(23-4,24-5)25-6/h17,19H,7-16H2,1-6H3. The Hall–Kier alpha value is 0.0738. The van der Waals surface area contributed by atoms with Gasteiger partial charge in [0.1, 0.15) is 0 Å². The van der Waals surface area contributed by atoms with Crippen molar-refractivity contribution in [2.75, 3.05) is 82.0 Å². The van der Waals surface area contributed by atoms with Crippen molar-refractivity contribution in [1.82, 2.24) is 10.2 Å². The molecule has 0 aliphatic heterocycles. The van der Waals surface area contributed by atoms with E-state index in [1.54, 1.807) is 42.7 Å². The van der Waals surface area contributed by atoms with Gasteiger partial charge in [-0.2, -0.15) is 0 Å². The van der Waals surface area contributed by atoms with Crippen LogP contribution in [-0.2, 0) is 26.6 Å². The third-order valence-corrected chi connectivity index (χ3v) is 10.3. The van der Waals surface area contributed by atoms with Crippen molar-refractivity contribution in [1.29, 1.82) is 0 Å². The smallest absolute Gasteiger partial charge is 0.395 e. The summed E-state index contributed by atoms with van der Waals surface area (Å²) in [6, 6.07) is 1.54. The molecular formula is C16H40N2O7Si2. The van der Waals surface area contributed by atoms with Crippen molar-refractivity contribution in [3.8, 4) is 0 Å². The number of nitrogens with zero attached hydrogens (tertiary/aromatic N) is 1. The molecule has 0 radical (unpaired) electrons. The van der Waals surface area contributed by atoms with E-state index in [1.165, 1.54) is 0 Å². The first-order valence-electron chi connectivity index (χ1n) is 9.35. The van der Waals surface area contributed by atoms with Crippen molar-refractivity contribution >= 4 is 17.6 Å². The summed E-state index contributed by atoms with van der Waals surface area (Å²) in [6.07, 6.45) is 1.84. The molecule has 0 saturated heterocycles. The van der Waals surface area contributed by atoms with Crippen LogP contribution < -0.4 is 5.32 Å². The number of nitrogens with one attached hydrogen (secondary N) is 1. The Balaban J connectivity index is 4.54. The molecule has 11 heteroatoms. The minimum Gasteiger partial charge on any atom is -0.395 e. The first kappa shape index (κ1) is 27.1. The molecular weight excluding hydrogens is 388 g/mol. The molecule has 0 spiro atoms. The molecule has 0 aromatic rings. The highest BCUT2D eigenvalue weighted by molar-refractivity contribution is 6.60. The largest absolute Gasteiger partial charge is 0.500 e. The van der Waals surface area contributed by atoms with Crippen LogP contribution in [0.3, 0.4) is 0 Å². The fraction of sp³-hybridized carbons (Fsp3) is 1.00. The van der Waals surface area contributed by atoms with Gasteiger partial charge >= 0.3 is 17.6 Å². The fourth-order valence-electron chi connectivity index (χ4n) is 2.93. The van der Waals surface area contributed by atoms with Gasteiger partial charge in [0.25, 0.3) is 0 Å². The quantitative estimate of drug-likeness (QED) is 0.224. The second-order valence-corrected chi connectivity index (χ2v) is 12.3. The second kappa shape index (κ2) is 15.9. The third kappa shape index (κ3) is 10.4. The topological polar surface area (TPSA) is 90.9 Å². The van der Waals surface area contributed by atoms with Gasteiger partial charge in [-0.1, -0.05) is 0 Å². The average molecular weight is 429 g/mol. The van der Waals surface area contributed by atoms with Gasteiger partial charge in [-0.3, -0.25) is 0 Å². The van der Waals surface area contributed by atoms with E-state index in [-0.39, 0.29) is 6.61 Å². The molecule has 27 heavy (non-hydrogen) atoms. The summed E-state index contributed by atoms with van der Waals surface area (Å²) in [7, 11) is 4.76. The van der Waals surface area contributed by atoms with Crippen LogP contribution in [0.5, 0.6) is 0 Å². The SMILES string of the molecule is CO[Si](CCCN(CCC[Si](OC)(OC)OC)CCNCCO)(OC)OC. The third-order valence-electron chi connectivity index (χ3n) is 4.67. The maximum atomic E-state index is 8.91. The Morgan fingerprint density at radius 2 is 1.07 bits per heavy atom. The van der Waals surface area contributed by atoms with E-state index in [0.29, 0.717) is 6.54 Å². The number of hydrogen-bond acceptors (Lipinski definition) is 9. The Morgan fingerprint density at radius 1 is 0.667 bits per heavy atom. The Kier molecular flexibility index (Phi) is 16.0. The molecule has 0 fully saturated rings. The van der Waals surface area contributed by atoms with E-state index < -0.39 is 17.6 Å². The maximum absolute atomic E-state index is 8.91. The average Bonchev–Trinajstić information content (AvgIpc) is 2.72. The second-order valence-electron chi connectivity index (χ2n) is 6.11. The normalized spacial score (nSPS) is 12.9. The molecule has 0 bridgehead atoms. The van der Waals surface area contributed by atoms with Gasteiger partial charge in [0.2, 0.25) is 0 Å². The maximum Gasteiger partial charge on any atom is 0.500 e. The number of rotatable bonds is 19. The summed E-state index contributed by atoms with van der Waals surface area (Å²) < 4.78 is 33.0. The molecule has 0 aromatic heterocycles. The Labute approximate surface area is 167 Å². The van der Waals surface area contributed by atoms with E-state index in [9.17, 15) is 0 Å². The van der Waals surface area contributed by atoms with E-state index in [2.05, 4.69) is 10.2 Å². The molecule has 0 unspecified atom stereocenters. The van der Waals surface area contributed by atoms with Crippen LogP contribution in [0.4, 0.5) is 0 Å². The predicted molar refractivity (Wildman–Crippen MR) is 109 cm³/mol. The van der Waals surface area contributed by atoms with Crippen molar-refractivity contribution < 1.29 is 31.7 Å². The lowest BCUT2D eigenvalue weighted by molar-refractivity contribution is 0.119. The zero-order valence-electron chi connectivity index (χ0n) is 17.9. The van der Waals surface area contributed by atoms with Crippen molar-refractivity contribution in [2.24, 2.45) is 0 Å². The Morgan fingerprint density at radius 3 is 1.41 bits per heavy atom. The van der Waals surface area contributed by atoms with Crippen LogP contribution in [0.15, 0.2) is 0 Å². The molecule has 0 saturated carbocycles. The molecule has 0 rings (SSSR count). The number of aliphatic hydroxyl groups excluding tert-OH is 1. The lowest BCUT2D eigenvalue weighted by Gasteiger charge is -2.28. The summed E-state index contributed by atoms with van der Waals surface area (Å²) in [5, 5.41) is 12.1. The predicted octanol–water partition coefficient (Wildman–Crippen LogP) is 0.407. The summed E-state index contributed by atoms with van der Waals surface area (Å²) >= 11 is 0. The fourth-order valence-corrected chi connectivity index (χ4v) is 6.33. The molecule has 0 aromatic carbocycles. The highest BCUT2D eigenvalue weighted by Gasteiger charge is 2.38.